The molecule has 0 unspecified atom stereocenters. The molecule has 0 spiro atoms. The second-order valence-corrected chi connectivity index (χ2v) is 7.62. The molecule has 0 N–H and O–H groups in total. The number of hydrogen-bond acceptors (Lipinski definition) is 4. The van der Waals surface area contributed by atoms with Crippen LogP contribution in [0.15, 0.2) is 41.5 Å². The summed E-state index contributed by atoms with van der Waals surface area (Å²) in [6, 6.07) is 7.30. The van der Waals surface area contributed by atoms with E-state index in [-0.39, 0.29) is 0 Å². The van der Waals surface area contributed by atoms with Crippen molar-refractivity contribution in [3.05, 3.63) is 47.1 Å². The summed E-state index contributed by atoms with van der Waals surface area (Å²) in [7, 11) is 0.206. The van der Waals surface area contributed by atoms with Crippen LogP contribution in [0.5, 0.6) is 0 Å². The van der Waals surface area contributed by atoms with Crippen molar-refractivity contribution in [1.82, 2.24) is 8.54 Å². The standard InChI is InChI=1S/C14H19N3O3S/c1-11(2)21(19,20)17-10-9-16(14(17)18)13-7-5-12(6-8-13)15(3)4/h5-11H,1-4H3. The third kappa shape index (κ3) is 2.73. The molecule has 2 aromatic rings. The number of nitrogens with zero attached hydrogens (tertiary/aromatic N) is 3. The lowest BCUT2D eigenvalue weighted by Crippen LogP contribution is -2.32. The minimum Gasteiger partial charge on any atom is -0.378 e. The van der Waals surface area contributed by atoms with Crippen LogP contribution in [-0.4, -0.2) is 36.3 Å². The van der Waals surface area contributed by atoms with Crippen molar-refractivity contribution in [1.29, 1.82) is 0 Å². The lowest BCUT2D eigenvalue weighted by molar-refractivity contribution is 0.576. The van der Waals surface area contributed by atoms with Crippen LogP contribution in [-0.2, 0) is 10.0 Å². The van der Waals surface area contributed by atoms with Crippen molar-refractivity contribution in [2.45, 2.75) is 19.1 Å². The second-order valence-electron chi connectivity index (χ2n) is 5.25. The molecule has 21 heavy (non-hydrogen) atoms. The third-order valence-corrected chi connectivity index (χ3v) is 5.28. The SMILES string of the molecule is CC(C)S(=O)(=O)n1ccn(-c2ccc(N(C)C)cc2)c1=O. The Kier molecular flexibility index (Phi) is 3.95. The first-order valence-electron chi connectivity index (χ1n) is 6.57. The van der Waals surface area contributed by atoms with E-state index in [0.717, 1.165) is 9.66 Å². The number of aromatic nitrogens is 2. The summed E-state index contributed by atoms with van der Waals surface area (Å²) < 4.78 is 26.3. The number of benzene rings is 1. The molecular formula is C14H19N3O3S. The Balaban J connectivity index is 2.49. The lowest BCUT2D eigenvalue weighted by Gasteiger charge is -2.12. The Labute approximate surface area is 124 Å². The first kappa shape index (κ1) is 15.4. The van der Waals surface area contributed by atoms with Crippen molar-refractivity contribution in [3.8, 4) is 5.69 Å². The number of hydrogen-bond donors (Lipinski definition) is 0. The highest BCUT2D eigenvalue weighted by molar-refractivity contribution is 7.90. The van der Waals surface area contributed by atoms with Crippen LogP contribution >= 0.6 is 0 Å². The molecule has 0 radical (unpaired) electrons. The van der Waals surface area contributed by atoms with Crippen molar-refractivity contribution >= 4 is 15.7 Å². The van der Waals surface area contributed by atoms with Crippen LogP contribution in [0.3, 0.4) is 0 Å². The molecule has 0 atom stereocenters. The summed E-state index contributed by atoms with van der Waals surface area (Å²) in [5, 5.41) is -0.651. The maximum Gasteiger partial charge on any atom is 0.346 e. The lowest BCUT2D eigenvalue weighted by atomic mass is 10.2. The molecule has 0 bridgehead atoms. The maximum absolute atomic E-state index is 12.3. The van der Waals surface area contributed by atoms with E-state index in [4.69, 9.17) is 0 Å². The van der Waals surface area contributed by atoms with Crippen molar-refractivity contribution in [3.63, 3.8) is 0 Å². The molecule has 0 fully saturated rings. The van der Waals surface area contributed by atoms with Crippen LogP contribution in [0.4, 0.5) is 5.69 Å². The normalized spacial score (nSPS) is 11.9. The van der Waals surface area contributed by atoms with Gasteiger partial charge in [-0.15, -0.1) is 0 Å². The largest absolute Gasteiger partial charge is 0.378 e. The van der Waals surface area contributed by atoms with E-state index in [1.165, 1.54) is 17.0 Å². The van der Waals surface area contributed by atoms with E-state index in [0.29, 0.717) is 5.69 Å². The summed E-state index contributed by atoms with van der Waals surface area (Å²) in [6.45, 7) is 3.09. The Morgan fingerprint density at radius 2 is 1.62 bits per heavy atom. The summed E-state index contributed by atoms with van der Waals surface area (Å²) in [5.74, 6) is 0. The topological polar surface area (TPSA) is 64.3 Å². The smallest absolute Gasteiger partial charge is 0.346 e. The van der Waals surface area contributed by atoms with Crippen LogP contribution in [0.25, 0.3) is 5.69 Å². The molecule has 0 saturated heterocycles. The number of anilines is 1. The molecule has 0 amide bonds. The molecule has 0 aliphatic heterocycles. The first-order valence-corrected chi connectivity index (χ1v) is 8.07. The Morgan fingerprint density at radius 1 is 1.05 bits per heavy atom. The van der Waals surface area contributed by atoms with Gasteiger partial charge in [0.15, 0.2) is 0 Å². The quantitative estimate of drug-likeness (QED) is 0.854. The minimum absolute atomic E-state index is 0.582. The molecule has 0 saturated carbocycles. The summed E-state index contributed by atoms with van der Waals surface area (Å²) in [4.78, 5) is 14.2. The van der Waals surface area contributed by atoms with Gasteiger partial charge in [-0.25, -0.2) is 13.2 Å². The van der Waals surface area contributed by atoms with Gasteiger partial charge in [0.05, 0.1) is 10.9 Å². The van der Waals surface area contributed by atoms with Gasteiger partial charge in [0.2, 0.25) is 10.0 Å². The highest BCUT2D eigenvalue weighted by atomic mass is 32.2. The zero-order valence-electron chi connectivity index (χ0n) is 12.5. The highest BCUT2D eigenvalue weighted by Crippen LogP contribution is 2.14. The minimum atomic E-state index is -3.64. The van der Waals surface area contributed by atoms with E-state index < -0.39 is 21.0 Å². The Bertz CT molecular complexity index is 784. The summed E-state index contributed by atoms with van der Waals surface area (Å²) in [5.41, 5.74) is 1.05. The van der Waals surface area contributed by atoms with Crippen LogP contribution in [0, 0.1) is 0 Å². The fraction of sp³-hybridized carbons (Fsp3) is 0.357. The highest BCUT2D eigenvalue weighted by Gasteiger charge is 2.21. The van der Waals surface area contributed by atoms with E-state index in [1.807, 2.05) is 31.1 Å². The first-order chi connectivity index (χ1) is 9.75. The predicted octanol–water partition coefficient (Wildman–Crippen LogP) is 1.29. The molecule has 1 aromatic heterocycles. The zero-order chi connectivity index (χ0) is 15.8. The molecule has 0 aliphatic carbocycles. The van der Waals surface area contributed by atoms with Gasteiger partial charge in [0, 0.05) is 32.2 Å². The van der Waals surface area contributed by atoms with Gasteiger partial charge in [-0.2, -0.15) is 3.97 Å². The van der Waals surface area contributed by atoms with Crippen LogP contribution in [0.1, 0.15) is 13.8 Å². The van der Waals surface area contributed by atoms with Gasteiger partial charge in [-0.05, 0) is 38.1 Å². The molecule has 1 aromatic carbocycles. The monoisotopic (exact) mass is 309 g/mol. The fourth-order valence-corrected chi connectivity index (χ4v) is 2.87. The zero-order valence-corrected chi connectivity index (χ0v) is 13.3. The summed E-state index contributed by atoms with van der Waals surface area (Å²) in [6.07, 6.45) is 2.75. The van der Waals surface area contributed by atoms with Gasteiger partial charge in [0.25, 0.3) is 0 Å². The number of imidazole rings is 1. The van der Waals surface area contributed by atoms with Crippen LogP contribution in [0.2, 0.25) is 0 Å². The van der Waals surface area contributed by atoms with Gasteiger partial charge in [-0.1, -0.05) is 0 Å². The predicted molar refractivity (Wildman–Crippen MR) is 83.8 cm³/mol. The Hall–Kier alpha value is -2.02. The maximum atomic E-state index is 12.3. The molecule has 0 aliphatic rings. The third-order valence-electron chi connectivity index (χ3n) is 3.26. The molecule has 114 valence electrons. The molecule has 1 heterocycles. The molecular weight excluding hydrogens is 290 g/mol. The average molecular weight is 309 g/mol. The average Bonchev–Trinajstić information content (AvgIpc) is 2.81. The van der Waals surface area contributed by atoms with E-state index in [2.05, 4.69) is 0 Å². The van der Waals surface area contributed by atoms with E-state index in [1.54, 1.807) is 26.0 Å². The molecule has 2 rings (SSSR count). The van der Waals surface area contributed by atoms with Gasteiger partial charge in [0.1, 0.15) is 0 Å². The van der Waals surface area contributed by atoms with Crippen molar-refractivity contribution < 1.29 is 8.42 Å². The van der Waals surface area contributed by atoms with E-state index >= 15 is 0 Å². The van der Waals surface area contributed by atoms with E-state index in [9.17, 15) is 13.2 Å². The van der Waals surface area contributed by atoms with Gasteiger partial charge in [-0.3, -0.25) is 4.57 Å². The molecule has 6 nitrogen and oxygen atoms in total. The second kappa shape index (κ2) is 5.40. The van der Waals surface area contributed by atoms with Gasteiger partial charge < -0.3 is 4.90 Å². The number of rotatable bonds is 4. The van der Waals surface area contributed by atoms with Crippen LogP contribution < -0.4 is 10.6 Å². The Morgan fingerprint density at radius 3 is 2.10 bits per heavy atom. The van der Waals surface area contributed by atoms with Crippen molar-refractivity contribution in [2.24, 2.45) is 0 Å². The molecule has 7 heteroatoms. The summed E-state index contributed by atoms with van der Waals surface area (Å²) >= 11 is 0. The van der Waals surface area contributed by atoms with Gasteiger partial charge >= 0.3 is 5.69 Å². The fourth-order valence-electron chi connectivity index (χ4n) is 1.89. The van der Waals surface area contributed by atoms with Crippen molar-refractivity contribution in [2.75, 3.05) is 19.0 Å².